The van der Waals surface area contributed by atoms with E-state index in [0.717, 1.165) is 4.78 Å². The second-order valence-electron chi connectivity index (χ2n) is 7.85. The number of azide groups is 1. The van der Waals surface area contributed by atoms with Crippen LogP contribution in [0.2, 0.25) is 0 Å². The molecule has 0 radical (unpaired) electrons. The van der Waals surface area contributed by atoms with Gasteiger partial charge in [0.15, 0.2) is 23.3 Å². The summed E-state index contributed by atoms with van der Waals surface area (Å²) < 4.78 is 60.1. The van der Waals surface area contributed by atoms with Gasteiger partial charge in [-0.15, -0.1) is 0 Å². The van der Waals surface area contributed by atoms with E-state index in [2.05, 4.69) is 20.9 Å². The summed E-state index contributed by atoms with van der Waals surface area (Å²) in [4.78, 5) is 25.4. The van der Waals surface area contributed by atoms with Gasteiger partial charge in [-0.2, -0.15) is 9.56 Å². The molecule has 1 amide bonds. The number of rotatable bonds is 10. The Bertz CT molecular complexity index is 1560. The lowest BCUT2D eigenvalue weighted by atomic mass is 10.1. The topological polar surface area (TPSA) is 140 Å². The van der Waals surface area contributed by atoms with Crippen molar-refractivity contribution in [2.45, 2.75) is 0 Å². The smallest absolute Gasteiger partial charge is 0.272 e. The minimum Gasteiger partial charge on any atom is -0.321 e. The van der Waals surface area contributed by atoms with Crippen molar-refractivity contribution in [2.24, 2.45) is 5.11 Å². The third kappa shape index (κ3) is 6.11. The van der Waals surface area contributed by atoms with Crippen molar-refractivity contribution in [1.29, 1.82) is 0 Å². The number of hydrogen-bond donors (Lipinski definition) is 2. The van der Waals surface area contributed by atoms with Crippen LogP contribution in [0.15, 0.2) is 65.9 Å². The van der Waals surface area contributed by atoms with E-state index < -0.39 is 51.7 Å². The molecular weight excluding hydrogens is 575 g/mol. The zero-order chi connectivity index (χ0) is 29.6. The standard InChI is InChI=1S/C23H19F4N8O3PS/c1-33(29-12-11-14-7-6-8-15(13-14)35(37)38)39(40,16-9-4-3-5-10-16)34(2)31-23(36)17-18(24)20(26)22(30-32-28)21(27)19(17)25/h3-13,29H,1-2H3,(H,31,36)/b12-11+. The van der Waals surface area contributed by atoms with E-state index in [4.69, 9.17) is 17.3 Å². The highest BCUT2D eigenvalue weighted by atomic mass is 32.4. The Morgan fingerprint density at radius 1 is 1.05 bits per heavy atom. The highest BCUT2D eigenvalue weighted by molar-refractivity contribution is 8.15. The van der Waals surface area contributed by atoms with E-state index in [0.29, 0.717) is 10.9 Å². The molecule has 0 saturated heterocycles. The number of hydrogen-bond acceptors (Lipinski definition) is 6. The monoisotopic (exact) mass is 594 g/mol. The SMILES string of the molecule is CN(N/C=C/c1cccc([N+](=O)[O-])c1)P(=S)(c1ccccc1)N(C)NC(=O)c1c(F)c(F)c(N=[N+]=[N-])c(F)c1F. The number of halogens is 4. The quantitative estimate of drug-likeness (QED) is 0.0468. The Morgan fingerprint density at radius 3 is 2.25 bits per heavy atom. The highest BCUT2D eigenvalue weighted by Crippen LogP contribution is 2.48. The first kappa shape index (κ1) is 30.2. The maximum atomic E-state index is 14.6. The molecule has 3 rings (SSSR count). The molecule has 0 aromatic heterocycles. The van der Waals surface area contributed by atoms with Crippen molar-refractivity contribution < 1.29 is 27.3 Å². The Labute approximate surface area is 229 Å². The Balaban J connectivity index is 1.94. The van der Waals surface area contributed by atoms with Gasteiger partial charge in [0, 0.05) is 42.6 Å². The minimum atomic E-state index is -3.25. The van der Waals surface area contributed by atoms with Crippen molar-refractivity contribution >= 4 is 46.8 Å². The predicted octanol–water partition coefficient (Wildman–Crippen LogP) is 5.41. The summed E-state index contributed by atoms with van der Waals surface area (Å²) in [6.45, 7) is 0. The second kappa shape index (κ2) is 12.7. The van der Waals surface area contributed by atoms with Gasteiger partial charge in [0.2, 0.25) is 0 Å². The van der Waals surface area contributed by atoms with E-state index in [1.54, 1.807) is 36.4 Å². The number of nitrogens with one attached hydrogen (secondary N) is 2. The number of nitro groups is 1. The van der Waals surface area contributed by atoms with Gasteiger partial charge in [0.05, 0.1) is 4.92 Å². The first-order valence-corrected chi connectivity index (χ1v) is 13.7. The molecule has 0 aliphatic heterocycles. The number of hydrazine groups is 2. The van der Waals surface area contributed by atoms with E-state index in [1.807, 2.05) is 0 Å². The first-order chi connectivity index (χ1) is 18.9. The van der Waals surface area contributed by atoms with Crippen molar-refractivity contribution in [2.75, 3.05) is 14.1 Å². The normalized spacial score (nSPS) is 12.7. The van der Waals surface area contributed by atoms with E-state index in [1.165, 1.54) is 49.3 Å². The highest BCUT2D eigenvalue weighted by Gasteiger charge is 2.34. The third-order valence-electron chi connectivity index (χ3n) is 5.40. The van der Waals surface area contributed by atoms with Crippen molar-refractivity contribution in [3.05, 3.63) is 116 Å². The number of carbonyl (C=O) groups excluding carboxylic acids is 1. The van der Waals surface area contributed by atoms with Gasteiger partial charge < -0.3 is 5.43 Å². The Hall–Kier alpha value is -4.33. The summed E-state index contributed by atoms with van der Waals surface area (Å²) in [7, 11) is 2.81. The van der Waals surface area contributed by atoms with Crippen LogP contribution in [-0.2, 0) is 11.8 Å². The van der Waals surface area contributed by atoms with Gasteiger partial charge in [-0.25, -0.2) is 17.6 Å². The molecule has 11 nitrogen and oxygen atoms in total. The van der Waals surface area contributed by atoms with Gasteiger partial charge in [-0.05, 0) is 17.2 Å². The molecule has 3 aromatic carbocycles. The average Bonchev–Trinajstić information content (AvgIpc) is 2.94. The van der Waals surface area contributed by atoms with Crippen LogP contribution >= 0.6 is 6.34 Å². The molecule has 0 aliphatic carbocycles. The fraction of sp³-hybridized carbons (Fsp3) is 0.0870. The minimum absolute atomic E-state index is 0.118. The average molecular weight is 594 g/mol. The van der Waals surface area contributed by atoms with Gasteiger partial charge in [0.25, 0.3) is 11.6 Å². The summed E-state index contributed by atoms with van der Waals surface area (Å²) in [5.74, 6) is -9.78. The lowest BCUT2D eigenvalue weighted by molar-refractivity contribution is -0.384. The molecule has 1 atom stereocenters. The molecule has 1 unspecified atom stereocenters. The van der Waals surface area contributed by atoms with E-state index in [9.17, 15) is 32.5 Å². The summed E-state index contributed by atoms with van der Waals surface area (Å²) in [6, 6.07) is 14.1. The first-order valence-electron chi connectivity index (χ1n) is 11.0. The molecule has 3 aromatic rings. The fourth-order valence-electron chi connectivity index (χ4n) is 3.45. The third-order valence-corrected chi connectivity index (χ3v) is 10.3. The van der Waals surface area contributed by atoms with Crippen molar-refractivity contribution in [1.82, 2.24) is 20.4 Å². The molecule has 0 fully saturated rings. The van der Waals surface area contributed by atoms with Crippen LogP contribution in [0.1, 0.15) is 15.9 Å². The molecule has 17 heteroatoms. The van der Waals surface area contributed by atoms with Crippen molar-refractivity contribution in [3.63, 3.8) is 0 Å². The Kier molecular flexibility index (Phi) is 9.58. The lowest BCUT2D eigenvalue weighted by Crippen LogP contribution is -2.46. The number of carbonyl (C=O) groups is 1. The number of amides is 1. The number of nitro benzene ring substituents is 1. The van der Waals surface area contributed by atoms with Gasteiger partial charge >= 0.3 is 0 Å². The lowest BCUT2D eigenvalue weighted by Gasteiger charge is -2.38. The van der Waals surface area contributed by atoms with Crippen LogP contribution < -0.4 is 16.2 Å². The van der Waals surface area contributed by atoms with E-state index in [-0.39, 0.29) is 5.69 Å². The molecule has 40 heavy (non-hydrogen) atoms. The fourth-order valence-corrected chi connectivity index (χ4v) is 6.19. The van der Waals surface area contributed by atoms with Gasteiger partial charge in [-0.1, -0.05) is 59.4 Å². The maximum absolute atomic E-state index is 14.6. The molecular formula is C23H19F4N8O3PS. The maximum Gasteiger partial charge on any atom is 0.272 e. The van der Waals surface area contributed by atoms with Crippen LogP contribution in [0.3, 0.4) is 0 Å². The number of benzene rings is 3. The van der Waals surface area contributed by atoms with Gasteiger partial charge in [-0.3, -0.25) is 20.3 Å². The summed E-state index contributed by atoms with van der Waals surface area (Å²) in [6.07, 6.45) is -0.300. The summed E-state index contributed by atoms with van der Waals surface area (Å²) >= 11 is 5.91. The van der Waals surface area contributed by atoms with Crippen LogP contribution in [0.25, 0.3) is 16.5 Å². The number of nitrogens with zero attached hydrogens (tertiary/aromatic N) is 6. The predicted molar refractivity (Wildman–Crippen MR) is 144 cm³/mol. The summed E-state index contributed by atoms with van der Waals surface area (Å²) in [5, 5.41) is 14.1. The van der Waals surface area contributed by atoms with Crippen LogP contribution in [0.5, 0.6) is 0 Å². The molecule has 0 spiro atoms. The molecule has 0 heterocycles. The van der Waals surface area contributed by atoms with Crippen LogP contribution in [0, 0.1) is 33.4 Å². The largest absolute Gasteiger partial charge is 0.321 e. The zero-order valence-electron chi connectivity index (χ0n) is 20.6. The molecule has 0 saturated carbocycles. The molecule has 2 N–H and O–H groups in total. The van der Waals surface area contributed by atoms with E-state index >= 15 is 0 Å². The molecule has 208 valence electrons. The van der Waals surface area contributed by atoms with Gasteiger partial charge in [0.1, 0.15) is 17.6 Å². The van der Waals surface area contributed by atoms with Crippen LogP contribution in [0.4, 0.5) is 28.9 Å². The molecule has 0 bridgehead atoms. The number of non-ortho nitro benzene ring substituents is 1. The zero-order valence-corrected chi connectivity index (χ0v) is 22.3. The second-order valence-corrected chi connectivity index (χ2v) is 12.2. The molecule has 0 aliphatic rings. The van der Waals surface area contributed by atoms with Crippen LogP contribution in [-0.4, -0.2) is 34.5 Å². The van der Waals surface area contributed by atoms with Crippen molar-refractivity contribution in [3.8, 4) is 0 Å². The summed E-state index contributed by atoms with van der Waals surface area (Å²) in [5.41, 5.74) is 10.7. The Morgan fingerprint density at radius 2 is 1.68 bits per heavy atom.